The van der Waals surface area contributed by atoms with Crippen molar-refractivity contribution in [3.63, 3.8) is 0 Å². The molecule has 4 nitrogen and oxygen atoms in total. The molecule has 0 aliphatic heterocycles. The van der Waals surface area contributed by atoms with Gasteiger partial charge in [0.2, 0.25) is 5.91 Å². The van der Waals surface area contributed by atoms with E-state index in [1.54, 1.807) is 7.11 Å². The van der Waals surface area contributed by atoms with Crippen LogP contribution in [0.1, 0.15) is 24.9 Å². The first-order valence-corrected chi connectivity index (χ1v) is 7.45. The van der Waals surface area contributed by atoms with E-state index < -0.39 is 0 Å². The number of anilines is 1. The zero-order valence-corrected chi connectivity index (χ0v) is 13.0. The first-order chi connectivity index (χ1) is 10.7. The maximum Gasteiger partial charge on any atom is 0.239 e. The van der Waals surface area contributed by atoms with E-state index in [0.29, 0.717) is 0 Å². The molecule has 1 atom stereocenters. The molecule has 2 N–H and O–H groups in total. The van der Waals surface area contributed by atoms with Crippen molar-refractivity contribution < 1.29 is 9.53 Å². The van der Waals surface area contributed by atoms with Crippen molar-refractivity contribution in [3.8, 4) is 5.75 Å². The summed E-state index contributed by atoms with van der Waals surface area (Å²) in [6.07, 6.45) is 0.856. The third kappa shape index (κ3) is 4.52. The molecule has 2 aromatic carbocycles. The summed E-state index contributed by atoms with van der Waals surface area (Å²) in [5, 5.41) is 6.16. The van der Waals surface area contributed by atoms with E-state index >= 15 is 0 Å². The third-order valence-electron chi connectivity index (χ3n) is 3.47. The topological polar surface area (TPSA) is 50.4 Å². The predicted molar refractivity (Wildman–Crippen MR) is 89.1 cm³/mol. The number of hydrogen-bond donors (Lipinski definition) is 2. The minimum Gasteiger partial charge on any atom is -0.497 e. The summed E-state index contributed by atoms with van der Waals surface area (Å²) in [7, 11) is 1.62. The molecular formula is C18H22N2O2. The lowest BCUT2D eigenvalue weighted by Crippen LogP contribution is -2.33. The zero-order chi connectivity index (χ0) is 15.8. The minimum atomic E-state index is -0.0291. The largest absolute Gasteiger partial charge is 0.497 e. The van der Waals surface area contributed by atoms with Gasteiger partial charge in [-0.1, -0.05) is 43.3 Å². The van der Waals surface area contributed by atoms with Gasteiger partial charge in [-0.2, -0.15) is 0 Å². The molecule has 4 heteroatoms. The Morgan fingerprint density at radius 2 is 1.91 bits per heavy atom. The van der Waals surface area contributed by atoms with Gasteiger partial charge in [0, 0.05) is 11.8 Å². The number of carbonyl (C=O) groups is 1. The van der Waals surface area contributed by atoms with Gasteiger partial charge < -0.3 is 15.4 Å². The van der Waals surface area contributed by atoms with Crippen molar-refractivity contribution in [2.24, 2.45) is 0 Å². The third-order valence-corrected chi connectivity index (χ3v) is 3.47. The summed E-state index contributed by atoms with van der Waals surface area (Å²) in [6, 6.07) is 17.6. The van der Waals surface area contributed by atoms with Crippen LogP contribution in [0.2, 0.25) is 0 Å². The second kappa shape index (κ2) is 8.08. The predicted octanol–water partition coefficient (Wildman–Crippen LogP) is 3.37. The van der Waals surface area contributed by atoms with Crippen LogP contribution in [-0.2, 0) is 4.79 Å². The number of rotatable bonds is 7. The van der Waals surface area contributed by atoms with E-state index in [1.165, 1.54) is 0 Å². The Morgan fingerprint density at radius 3 is 2.59 bits per heavy atom. The summed E-state index contributed by atoms with van der Waals surface area (Å²) < 4.78 is 5.16. The van der Waals surface area contributed by atoms with E-state index in [4.69, 9.17) is 4.74 Å². The molecule has 0 bridgehead atoms. The second-order valence-corrected chi connectivity index (χ2v) is 5.02. The molecule has 0 saturated carbocycles. The van der Waals surface area contributed by atoms with Gasteiger partial charge in [0.05, 0.1) is 19.7 Å². The van der Waals surface area contributed by atoms with Crippen LogP contribution in [0.15, 0.2) is 54.6 Å². The second-order valence-electron chi connectivity index (χ2n) is 5.02. The van der Waals surface area contributed by atoms with Crippen LogP contribution in [0.3, 0.4) is 0 Å². The number of methoxy groups -OCH3 is 1. The average Bonchev–Trinajstić information content (AvgIpc) is 2.58. The van der Waals surface area contributed by atoms with E-state index in [9.17, 15) is 4.79 Å². The van der Waals surface area contributed by atoms with Crippen molar-refractivity contribution in [2.45, 2.75) is 19.4 Å². The highest BCUT2D eigenvalue weighted by atomic mass is 16.5. The Balaban J connectivity index is 1.89. The van der Waals surface area contributed by atoms with Crippen LogP contribution < -0.4 is 15.4 Å². The summed E-state index contributed by atoms with van der Waals surface area (Å²) in [5.41, 5.74) is 1.99. The van der Waals surface area contributed by atoms with Crippen molar-refractivity contribution >= 4 is 11.6 Å². The average molecular weight is 298 g/mol. The molecule has 0 saturated heterocycles. The van der Waals surface area contributed by atoms with Crippen LogP contribution in [0, 0.1) is 0 Å². The maximum atomic E-state index is 12.1. The quantitative estimate of drug-likeness (QED) is 0.824. The molecule has 0 spiro atoms. The number of amides is 1. The maximum absolute atomic E-state index is 12.1. The van der Waals surface area contributed by atoms with E-state index in [0.717, 1.165) is 23.4 Å². The van der Waals surface area contributed by atoms with Crippen LogP contribution >= 0.6 is 0 Å². The number of ether oxygens (including phenoxy) is 1. The van der Waals surface area contributed by atoms with E-state index in [1.807, 2.05) is 54.6 Å². The summed E-state index contributed by atoms with van der Waals surface area (Å²) in [5.74, 6) is 0.736. The van der Waals surface area contributed by atoms with Crippen LogP contribution in [0.5, 0.6) is 5.75 Å². The summed E-state index contributed by atoms with van der Waals surface area (Å²) in [4.78, 5) is 12.1. The first kappa shape index (κ1) is 15.9. The Labute approximate surface area is 131 Å². The molecule has 0 fully saturated rings. The Bertz CT molecular complexity index is 599. The normalized spacial score (nSPS) is 11.5. The molecule has 0 heterocycles. The Hall–Kier alpha value is -2.49. The van der Waals surface area contributed by atoms with Gasteiger partial charge in [0.1, 0.15) is 5.75 Å². The molecule has 0 aromatic heterocycles. The molecule has 22 heavy (non-hydrogen) atoms. The summed E-state index contributed by atoms with van der Waals surface area (Å²) in [6.45, 7) is 2.30. The number of carbonyl (C=O) groups excluding carboxylic acids is 1. The van der Waals surface area contributed by atoms with Crippen molar-refractivity contribution in [2.75, 3.05) is 19.0 Å². The van der Waals surface area contributed by atoms with Crippen LogP contribution in [0.4, 0.5) is 5.69 Å². The van der Waals surface area contributed by atoms with Gasteiger partial charge in [0.15, 0.2) is 0 Å². The SMILES string of the molecule is CCC(NC(=O)CNc1cccc(OC)c1)c1ccccc1. The monoisotopic (exact) mass is 298 g/mol. The first-order valence-electron chi connectivity index (χ1n) is 7.45. The number of hydrogen-bond acceptors (Lipinski definition) is 3. The highest BCUT2D eigenvalue weighted by Crippen LogP contribution is 2.17. The van der Waals surface area contributed by atoms with Gasteiger partial charge >= 0.3 is 0 Å². The molecule has 0 radical (unpaired) electrons. The lowest BCUT2D eigenvalue weighted by atomic mass is 10.0. The van der Waals surface area contributed by atoms with Gasteiger partial charge in [-0.15, -0.1) is 0 Å². The zero-order valence-electron chi connectivity index (χ0n) is 13.0. The van der Waals surface area contributed by atoms with Gasteiger partial charge in [0.25, 0.3) is 0 Å². The Kier molecular flexibility index (Phi) is 5.83. The van der Waals surface area contributed by atoms with Crippen LogP contribution in [-0.4, -0.2) is 19.6 Å². The Morgan fingerprint density at radius 1 is 1.14 bits per heavy atom. The number of benzene rings is 2. The number of nitrogens with one attached hydrogen (secondary N) is 2. The molecule has 2 rings (SSSR count). The van der Waals surface area contributed by atoms with Crippen molar-refractivity contribution in [3.05, 3.63) is 60.2 Å². The highest BCUT2D eigenvalue weighted by molar-refractivity contribution is 5.81. The fourth-order valence-corrected chi connectivity index (χ4v) is 2.27. The molecule has 2 aromatic rings. The van der Waals surface area contributed by atoms with Crippen molar-refractivity contribution in [1.29, 1.82) is 0 Å². The van der Waals surface area contributed by atoms with Gasteiger partial charge in [-0.25, -0.2) is 0 Å². The van der Waals surface area contributed by atoms with Gasteiger partial charge in [-0.05, 0) is 24.1 Å². The molecule has 0 aliphatic rings. The fraction of sp³-hybridized carbons (Fsp3) is 0.278. The fourth-order valence-electron chi connectivity index (χ4n) is 2.27. The summed E-state index contributed by atoms with van der Waals surface area (Å²) >= 11 is 0. The molecule has 116 valence electrons. The van der Waals surface area contributed by atoms with Crippen molar-refractivity contribution in [1.82, 2.24) is 5.32 Å². The lowest BCUT2D eigenvalue weighted by Gasteiger charge is -2.18. The molecule has 1 amide bonds. The smallest absolute Gasteiger partial charge is 0.239 e. The highest BCUT2D eigenvalue weighted by Gasteiger charge is 2.12. The van der Waals surface area contributed by atoms with E-state index in [2.05, 4.69) is 17.6 Å². The van der Waals surface area contributed by atoms with E-state index in [-0.39, 0.29) is 18.5 Å². The molecule has 1 unspecified atom stereocenters. The molecule has 0 aliphatic carbocycles. The minimum absolute atomic E-state index is 0.0291. The molecular weight excluding hydrogens is 276 g/mol. The lowest BCUT2D eigenvalue weighted by molar-refractivity contribution is -0.120. The van der Waals surface area contributed by atoms with Gasteiger partial charge in [-0.3, -0.25) is 4.79 Å². The standard InChI is InChI=1S/C18H22N2O2/c1-3-17(14-8-5-4-6-9-14)20-18(21)13-19-15-10-7-11-16(12-15)22-2/h4-12,17,19H,3,13H2,1-2H3,(H,20,21). The van der Waals surface area contributed by atoms with Crippen LogP contribution in [0.25, 0.3) is 0 Å².